The first-order valence-corrected chi connectivity index (χ1v) is 12.2. The van der Waals surface area contributed by atoms with Gasteiger partial charge < -0.3 is 4.90 Å². The highest BCUT2D eigenvalue weighted by Crippen LogP contribution is 2.24. The second-order valence-electron chi connectivity index (χ2n) is 7.18. The van der Waals surface area contributed by atoms with E-state index in [-0.39, 0.29) is 30.5 Å². The van der Waals surface area contributed by atoms with E-state index in [0.29, 0.717) is 23.7 Å². The number of benzene rings is 1. The Morgan fingerprint density at radius 2 is 1.83 bits per heavy atom. The summed E-state index contributed by atoms with van der Waals surface area (Å²) in [6, 6.07) is 13.1. The van der Waals surface area contributed by atoms with E-state index in [4.69, 9.17) is 0 Å². The average Bonchev–Trinajstić information content (AvgIpc) is 2.72. The molecule has 2 aromatic rings. The molecular formula is C21H24N4O3S2. The Hall–Kier alpha value is -2.41. The number of sulfonamides is 1. The molecule has 1 amide bonds. The second-order valence-corrected chi connectivity index (χ2v) is 10.1. The highest BCUT2D eigenvalue weighted by atomic mass is 32.2. The number of aromatic nitrogens is 1. The van der Waals surface area contributed by atoms with Crippen molar-refractivity contribution in [1.29, 1.82) is 5.26 Å². The van der Waals surface area contributed by atoms with Gasteiger partial charge in [-0.2, -0.15) is 9.57 Å². The molecular weight excluding hydrogens is 420 g/mol. The summed E-state index contributed by atoms with van der Waals surface area (Å²) in [7, 11) is -3.42. The van der Waals surface area contributed by atoms with Gasteiger partial charge in [-0.3, -0.25) is 4.79 Å². The van der Waals surface area contributed by atoms with E-state index in [1.165, 1.54) is 16.1 Å². The molecule has 0 N–H and O–H groups in total. The van der Waals surface area contributed by atoms with E-state index in [1.807, 2.05) is 38.1 Å². The molecule has 2 heterocycles. The molecule has 9 heteroatoms. The van der Waals surface area contributed by atoms with Crippen molar-refractivity contribution in [2.45, 2.75) is 24.6 Å². The molecule has 1 aliphatic heterocycles. The van der Waals surface area contributed by atoms with E-state index in [0.717, 1.165) is 16.8 Å². The molecule has 158 valence electrons. The van der Waals surface area contributed by atoms with Crippen LogP contribution in [0.3, 0.4) is 0 Å². The number of piperazine rings is 1. The number of aryl methyl sites for hydroxylation is 2. The number of carbonyl (C=O) groups excluding carboxylic acids is 1. The lowest BCUT2D eigenvalue weighted by molar-refractivity contribution is -0.129. The summed E-state index contributed by atoms with van der Waals surface area (Å²) in [5, 5.41) is 9.92. The molecule has 1 aromatic heterocycles. The first kappa shape index (κ1) is 22.3. The number of hydrogen-bond acceptors (Lipinski definition) is 6. The van der Waals surface area contributed by atoms with Crippen molar-refractivity contribution < 1.29 is 13.2 Å². The van der Waals surface area contributed by atoms with Crippen LogP contribution >= 0.6 is 11.8 Å². The zero-order valence-electron chi connectivity index (χ0n) is 17.0. The Balaban J connectivity index is 1.55. The average molecular weight is 445 g/mol. The zero-order valence-corrected chi connectivity index (χ0v) is 18.7. The van der Waals surface area contributed by atoms with Crippen LogP contribution in [-0.4, -0.2) is 60.4 Å². The maximum atomic E-state index is 12.7. The molecule has 1 aliphatic rings. The molecule has 0 radical (unpaired) electrons. The number of pyridine rings is 1. The Morgan fingerprint density at radius 1 is 1.17 bits per heavy atom. The van der Waals surface area contributed by atoms with Crippen LogP contribution in [0.15, 0.2) is 41.4 Å². The highest BCUT2D eigenvalue weighted by Gasteiger charge is 2.29. The van der Waals surface area contributed by atoms with Crippen molar-refractivity contribution in [3.05, 3.63) is 58.8 Å². The summed E-state index contributed by atoms with van der Waals surface area (Å²) < 4.78 is 26.8. The number of rotatable bonds is 6. The van der Waals surface area contributed by atoms with Gasteiger partial charge in [-0.15, -0.1) is 0 Å². The Morgan fingerprint density at radius 3 is 2.47 bits per heavy atom. The maximum absolute atomic E-state index is 12.7. The van der Waals surface area contributed by atoms with Gasteiger partial charge >= 0.3 is 0 Å². The Bertz CT molecular complexity index is 1060. The van der Waals surface area contributed by atoms with Crippen molar-refractivity contribution in [2.75, 3.05) is 31.9 Å². The molecule has 0 spiro atoms. The monoisotopic (exact) mass is 444 g/mol. The molecule has 30 heavy (non-hydrogen) atoms. The first-order valence-electron chi connectivity index (χ1n) is 9.61. The van der Waals surface area contributed by atoms with Crippen molar-refractivity contribution in [2.24, 2.45) is 0 Å². The molecule has 0 atom stereocenters. The van der Waals surface area contributed by atoms with Gasteiger partial charge in [0.25, 0.3) is 0 Å². The molecule has 7 nitrogen and oxygen atoms in total. The van der Waals surface area contributed by atoms with Gasteiger partial charge in [0.15, 0.2) is 0 Å². The summed E-state index contributed by atoms with van der Waals surface area (Å²) in [6.45, 7) is 5.01. The molecule has 0 bridgehead atoms. The minimum absolute atomic E-state index is 0.0348. The number of carbonyl (C=O) groups is 1. The Labute approximate surface area is 181 Å². The lowest BCUT2D eigenvalue weighted by atomic mass is 10.1. The van der Waals surface area contributed by atoms with Crippen molar-refractivity contribution in [3.63, 3.8) is 0 Å². The first-order chi connectivity index (χ1) is 14.3. The van der Waals surface area contributed by atoms with Crippen LogP contribution in [0.1, 0.15) is 22.4 Å². The minimum atomic E-state index is -3.42. The van der Waals surface area contributed by atoms with Crippen LogP contribution in [-0.2, 0) is 20.6 Å². The Kier molecular flexibility index (Phi) is 7.13. The predicted octanol–water partition coefficient (Wildman–Crippen LogP) is 2.34. The summed E-state index contributed by atoms with van der Waals surface area (Å²) >= 11 is 1.25. The highest BCUT2D eigenvalue weighted by molar-refractivity contribution is 8.00. The van der Waals surface area contributed by atoms with Gasteiger partial charge in [0.2, 0.25) is 15.9 Å². The van der Waals surface area contributed by atoms with Crippen LogP contribution in [0.25, 0.3) is 0 Å². The smallest absolute Gasteiger partial charge is 0.233 e. The molecule has 1 saturated heterocycles. The summed E-state index contributed by atoms with van der Waals surface area (Å²) in [4.78, 5) is 18.7. The summed E-state index contributed by atoms with van der Waals surface area (Å²) in [5.74, 6) is 0.0545. The largest absolute Gasteiger partial charge is 0.339 e. The normalized spacial score (nSPS) is 15.0. The number of thioether (sulfide) groups is 1. The van der Waals surface area contributed by atoms with Crippen LogP contribution in [0.4, 0.5) is 0 Å². The SMILES string of the molecule is Cc1cc(C)c(C#N)c(SCC(=O)N2CCN(S(=O)(=O)Cc3ccccc3)CC2)n1. The number of amides is 1. The van der Waals surface area contributed by atoms with Gasteiger partial charge in [0, 0.05) is 31.9 Å². The third-order valence-electron chi connectivity index (χ3n) is 4.93. The zero-order chi connectivity index (χ0) is 21.7. The van der Waals surface area contributed by atoms with Gasteiger partial charge in [-0.05, 0) is 31.0 Å². The molecule has 0 unspecified atom stereocenters. The maximum Gasteiger partial charge on any atom is 0.233 e. The summed E-state index contributed by atoms with van der Waals surface area (Å²) in [5.41, 5.74) is 2.90. The van der Waals surface area contributed by atoms with E-state index in [9.17, 15) is 18.5 Å². The standard InChI is InChI=1S/C21H24N4O3S2/c1-16-12-17(2)23-21(19(16)13-22)29-14-20(26)24-8-10-25(11-9-24)30(27,28)15-18-6-4-3-5-7-18/h3-7,12H,8-11,14-15H2,1-2H3. The van der Waals surface area contributed by atoms with Gasteiger partial charge in [-0.25, -0.2) is 13.4 Å². The van der Waals surface area contributed by atoms with Crippen LogP contribution in [0, 0.1) is 25.2 Å². The quantitative estimate of drug-likeness (QED) is 0.635. The molecule has 3 rings (SSSR count). The van der Waals surface area contributed by atoms with E-state index in [2.05, 4.69) is 11.1 Å². The van der Waals surface area contributed by atoms with Crippen LogP contribution in [0.2, 0.25) is 0 Å². The fraction of sp³-hybridized carbons (Fsp3) is 0.381. The predicted molar refractivity (Wildman–Crippen MR) is 116 cm³/mol. The van der Waals surface area contributed by atoms with E-state index < -0.39 is 10.0 Å². The van der Waals surface area contributed by atoms with Crippen molar-refractivity contribution in [3.8, 4) is 6.07 Å². The van der Waals surface area contributed by atoms with Crippen LogP contribution < -0.4 is 0 Å². The van der Waals surface area contributed by atoms with Gasteiger partial charge in [0.1, 0.15) is 11.1 Å². The van der Waals surface area contributed by atoms with E-state index >= 15 is 0 Å². The number of nitriles is 1. The topological polar surface area (TPSA) is 94.4 Å². The van der Waals surface area contributed by atoms with Crippen molar-refractivity contribution in [1.82, 2.24) is 14.2 Å². The van der Waals surface area contributed by atoms with Crippen LogP contribution in [0.5, 0.6) is 0 Å². The van der Waals surface area contributed by atoms with Crippen molar-refractivity contribution >= 4 is 27.7 Å². The van der Waals surface area contributed by atoms with Gasteiger partial charge in [-0.1, -0.05) is 42.1 Å². The molecule has 0 aliphatic carbocycles. The van der Waals surface area contributed by atoms with E-state index in [1.54, 1.807) is 17.0 Å². The second kappa shape index (κ2) is 9.60. The van der Waals surface area contributed by atoms with Gasteiger partial charge in [0.05, 0.1) is 17.1 Å². The molecule has 0 saturated carbocycles. The minimum Gasteiger partial charge on any atom is -0.339 e. The lowest BCUT2D eigenvalue weighted by Gasteiger charge is -2.34. The number of nitrogens with zero attached hydrogens (tertiary/aromatic N) is 4. The third kappa shape index (κ3) is 5.39. The fourth-order valence-corrected chi connectivity index (χ4v) is 5.87. The summed E-state index contributed by atoms with van der Waals surface area (Å²) in [6.07, 6.45) is 0. The number of hydrogen-bond donors (Lipinski definition) is 0. The lowest BCUT2D eigenvalue weighted by Crippen LogP contribution is -2.51. The fourth-order valence-electron chi connectivity index (χ4n) is 3.36. The molecule has 1 fully saturated rings. The third-order valence-corrected chi connectivity index (χ3v) is 7.74. The molecule has 1 aromatic carbocycles.